The first-order valence-corrected chi connectivity index (χ1v) is 6.51. The molecular weight excluding hydrogens is 240 g/mol. The van der Waals surface area contributed by atoms with Gasteiger partial charge in [0.25, 0.3) is 0 Å². The number of benzene rings is 1. The Kier molecular flexibility index (Phi) is 4.22. The van der Waals surface area contributed by atoms with Crippen molar-refractivity contribution in [3.8, 4) is 5.75 Å². The van der Waals surface area contributed by atoms with E-state index in [0.29, 0.717) is 12.6 Å². The van der Waals surface area contributed by atoms with E-state index in [2.05, 4.69) is 18.9 Å². The first-order valence-electron chi connectivity index (χ1n) is 6.51. The predicted molar refractivity (Wildman–Crippen MR) is 74.0 cm³/mol. The molecule has 0 saturated heterocycles. The maximum absolute atomic E-state index is 9.42. The minimum Gasteiger partial charge on any atom is -0.487 e. The fourth-order valence-corrected chi connectivity index (χ4v) is 1.74. The van der Waals surface area contributed by atoms with E-state index in [1.165, 1.54) is 0 Å². The van der Waals surface area contributed by atoms with Gasteiger partial charge in [-0.2, -0.15) is 5.10 Å². The summed E-state index contributed by atoms with van der Waals surface area (Å²) in [6.45, 7) is 6.38. The maximum Gasteiger partial charge on any atom is 0.132 e. The minimum absolute atomic E-state index is 0.360. The quantitative estimate of drug-likeness (QED) is 0.898. The number of aliphatic hydroxyl groups is 1. The van der Waals surface area contributed by atoms with Gasteiger partial charge in [-0.3, -0.25) is 4.68 Å². The molecule has 4 heteroatoms. The Hall–Kier alpha value is -1.81. The van der Waals surface area contributed by atoms with Crippen molar-refractivity contribution >= 4 is 0 Å². The van der Waals surface area contributed by atoms with Crippen molar-refractivity contribution in [3.63, 3.8) is 0 Å². The van der Waals surface area contributed by atoms with Crippen LogP contribution < -0.4 is 4.74 Å². The van der Waals surface area contributed by atoms with Crippen molar-refractivity contribution < 1.29 is 9.84 Å². The number of ether oxygens (including phenoxy) is 1. The molecule has 1 atom stereocenters. The second kappa shape index (κ2) is 5.89. The van der Waals surface area contributed by atoms with Gasteiger partial charge in [-0.05, 0) is 44.5 Å². The molecule has 0 fully saturated rings. The van der Waals surface area contributed by atoms with Crippen LogP contribution in [0, 0.1) is 0 Å². The second-order valence-corrected chi connectivity index (χ2v) is 4.91. The van der Waals surface area contributed by atoms with Crippen molar-refractivity contribution in [2.24, 2.45) is 0 Å². The zero-order valence-electron chi connectivity index (χ0n) is 11.6. The summed E-state index contributed by atoms with van der Waals surface area (Å²) in [6.07, 6.45) is 1.51. The monoisotopic (exact) mass is 260 g/mol. The third-order valence-electron chi connectivity index (χ3n) is 2.94. The third-order valence-corrected chi connectivity index (χ3v) is 2.94. The summed E-state index contributed by atoms with van der Waals surface area (Å²) in [7, 11) is 0. The average molecular weight is 260 g/mol. The molecule has 1 N–H and O–H groups in total. The molecule has 0 bridgehead atoms. The second-order valence-electron chi connectivity index (χ2n) is 4.91. The molecule has 102 valence electrons. The van der Waals surface area contributed by atoms with Gasteiger partial charge in [0.2, 0.25) is 0 Å². The van der Waals surface area contributed by atoms with Crippen LogP contribution in [0.5, 0.6) is 5.75 Å². The molecule has 1 aromatic heterocycles. The standard InChI is InChI=1S/C15H20N2O2/c1-11(2)17-9-8-14(16-17)10-19-15-6-4-13(5-7-15)12(3)18/h4-9,11-12,18H,10H2,1-3H3/t12-/m1/s1. The highest BCUT2D eigenvalue weighted by Crippen LogP contribution is 2.18. The summed E-state index contributed by atoms with van der Waals surface area (Å²) in [4.78, 5) is 0. The highest BCUT2D eigenvalue weighted by atomic mass is 16.5. The fourth-order valence-electron chi connectivity index (χ4n) is 1.74. The average Bonchev–Trinajstić information content (AvgIpc) is 2.86. The number of hydrogen-bond acceptors (Lipinski definition) is 3. The van der Waals surface area contributed by atoms with E-state index < -0.39 is 6.10 Å². The Labute approximate surface area is 113 Å². The lowest BCUT2D eigenvalue weighted by Crippen LogP contribution is -2.03. The number of nitrogens with zero attached hydrogens (tertiary/aromatic N) is 2. The van der Waals surface area contributed by atoms with Gasteiger partial charge >= 0.3 is 0 Å². The van der Waals surface area contributed by atoms with Crippen LogP contribution in [0.3, 0.4) is 0 Å². The van der Waals surface area contributed by atoms with E-state index >= 15 is 0 Å². The highest BCUT2D eigenvalue weighted by molar-refractivity contribution is 5.28. The molecule has 1 heterocycles. The Morgan fingerprint density at radius 1 is 1.16 bits per heavy atom. The number of hydrogen-bond donors (Lipinski definition) is 1. The Balaban J connectivity index is 1.94. The van der Waals surface area contributed by atoms with Crippen molar-refractivity contribution in [2.75, 3.05) is 0 Å². The molecule has 0 aliphatic carbocycles. The van der Waals surface area contributed by atoms with Crippen LogP contribution in [-0.4, -0.2) is 14.9 Å². The van der Waals surface area contributed by atoms with Crippen LogP contribution in [0.25, 0.3) is 0 Å². The topological polar surface area (TPSA) is 47.3 Å². The molecule has 0 aliphatic rings. The van der Waals surface area contributed by atoms with Gasteiger partial charge in [-0.15, -0.1) is 0 Å². The third kappa shape index (κ3) is 3.58. The zero-order chi connectivity index (χ0) is 13.8. The van der Waals surface area contributed by atoms with E-state index in [1.807, 2.05) is 41.2 Å². The molecule has 2 aromatic rings. The predicted octanol–water partition coefficient (Wildman–Crippen LogP) is 3.10. The molecule has 0 unspecified atom stereocenters. The van der Waals surface area contributed by atoms with Gasteiger partial charge in [0.05, 0.1) is 11.8 Å². The molecule has 19 heavy (non-hydrogen) atoms. The van der Waals surface area contributed by atoms with Crippen molar-refractivity contribution in [3.05, 3.63) is 47.8 Å². The molecule has 0 amide bonds. The molecule has 4 nitrogen and oxygen atoms in total. The molecular formula is C15H20N2O2. The molecule has 0 saturated carbocycles. The number of aliphatic hydroxyl groups excluding tert-OH is 1. The molecule has 1 aromatic carbocycles. The minimum atomic E-state index is -0.448. The van der Waals surface area contributed by atoms with Crippen molar-refractivity contribution in [2.45, 2.75) is 39.5 Å². The summed E-state index contributed by atoms with van der Waals surface area (Å²) < 4.78 is 7.57. The Morgan fingerprint density at radius 2 is 1.84 bits per heavy atom. The maximum atomic E-state index is 9.42. The summed E-state index contributed by atoms with van der Waals surface area (Å²) >= 11 is 0. The lowest BCUT2D eigenvalue weighted by atomic mass is 10.1. The van der Waals surface area contributed by atoms with Crippen LogP contribution in [0.1, 0.15) is 44.2 Å². The van der Waals surface area contributed by atoms with Crippen LogP contribution in [-0.2, 0) is 6.61 Å². The van der Waals surface area contributed by atoms with E-state index in [1.54, 1.807) is 6.92 Å². The first kappa shape index (κ1) is 13.6. The van der Waals surface area contributed by atoms with E-state index in [9.17, 15) is 5.11 Å². The van der Waals surface area contributed by atoms with E-state index in [0.717, 1.165) is 17.0 Å². The zero-order valence-corrected chi connectivity index (χ0v) is 11.6. The summed E-state index contributed by atoms with van der Waals surface area (Å²) in [5.41, 5.74) is 1.80. The molecule has 0 radical (unpaired) electrons. The van der Waals surface area contributed by atoms with Crippen LogP contribution in [0.2, 0.25) is 0 Å². The van der Waals surface area contributed by atoms with Crippen LogP contribution >= 0.6 is 0 Å². The van der Waals surface area contributed by atoms with Crippen molar-refractivity contribution in [1.29, 1.82) is 0 Å². The molecule has 0 spiro atoms. The lowest BCUT2D eigenvalue weighted by Gasteiger charge is -2.08. The fraction of sp³-hybridized carbons (Fsp3) is 0.400. The lowest BCUT2D eigenvalue weighted by molar-refractivity contribution is 0.199. The van der Waals surface area contributed by atoms with Crippen LogP contribution in [0.4, 0.5) is 0 Å². The van der Waals surface area contributed by atoms with Gasteiger partial charge < -0.3 is 9.84 Å². The van der Waals surface area contributed by atoms with Gasteiger partial charge in [0, 0.05) is 12.2 Å². The Morgan fingerprint density at radius 3 is 2.37 bits per heavy atom. The Bertz CT molecular complexity index is 515. The highest BCUT2D eigenvalue weighted by Gasteiger charge is 2.04. The summed E-state index contributed by atoms with van der Waals surface area (Å²) in [5.74, 6) is 0.781. The van der Waals surface area contributed by atoms with E-state index in [-0.39, 0.29) is 0 Å². The molecule has 0 aliphatic heterocycles. The smallest absolute Gasteiger partial charge is 0.132 e. The van der Waals surface area contributed by atoms with Gasteiger partial charge in [0.1, 0.15) is 12.4 Å². The number of aromatic nitrogens is 2. The normalized spacial score (nSPS) is 12.7. The van der Waals surface area contributed by atoms with Crippen molar-refractivity contribution in [1.82, 2.24) is 9.78 Å². The summed E-state index contributed by atoms with van der Waals surface area (Å²) in [5, 5.41) is 13.8. The van der Waals surface area contributed by atoms with E-state index in [4.69, 9.17) is 4.74 Å². The SMILES string of the molecule is CC(C)n1ccc(COc2ccc([C@@H](C)O)cc2)n1. The molecule has 2 rings (SSSR count). The summed E-state index contributed by atoms with van der Waals surface area (Å²) in [6, 6.07) is 9.78. The number of rotatable bonds is 5. The van der Waals surface area contributed by atoms with Gasteiger partial charge in [0.15, 0.2) is 0 Å². The van der Waals surface area contributed by atoms with Crippen LogP contribution in [0.15, 0.2) is 36.5 Å². The largest absolute Gasteiger partial charge is 0.487 e. The van der Waals surface area contributed by atoms with Gasteiger partial charge in [-0.25, -0.2) is 0 Å². The van der Waals surface area contributed by atoms with Gasteiger partial charge in [-0.1, -0.05) is 12.1 Å². The first-order chi connectivity index (χ1) is 9.06.